The Morgan fingerprint density at radius 1 is 1.02 bits per heavy atom. The van der Waals surface area contributed by atoms with Crippen LogP contribution >= 0.6 is 0 Å². The van der Waals surface area contributed by atoms with Crippen molar-refractivity contribution in [2.45, 2.75) is 55.9 Å². The van der Waals surface area contributed by atoms with Crippen molar-refractivity contribution in [3.05, 3.63) is 60.4 Å². The van der Waals surface area contributed by atoms with E-state index in [9.17, 15) is 13.5 Å². The van der Waals surface area contributed by atoms with Gasteiger partial charge in [-0.1, -0.05) is 11.8 Å². The minimum absolute atomic E-state index is 0.118. The van der Waals surface area contributed by atoms with Crippen molar-refractivity contribution in [1.29, 1.82) is 0 Å². The fourth-order valence-electron chi connectivity index (χ4n) is 4.66. The van der Waals surface area contributed by atoms with Crippen LogP contribution in [0.3, 0.4) is 0 Å². The molecular weight excluding hydrogens is 530 g/mol. The summed E-state index contributed by atoms with van der Waals surface area (Å²) in [7, 11) is -1.63. The summed E-state index contributed by atoms with van der Waals surface area (Å²) in [5, 5.41) is 24.8. The number of aliphatic hydroxyl groups is 1. The molecule has 4 aromatic rings. The van der Waals surface area contributed by atoms with Crippen LogP contribution in [-0.2, 0) is 17.1 Å². The van der Waals surface area contributed by atoms with Crippen LogP contribution in [0, 0.1) is 11.8 Å². The summed E-state index contributed by atoms with van der Waals surface area (Å²) in [5.41, 5.74) is 2.82. The molecule has 2 saturated carbocycles. The molecule has 2 aliphatic carbocycles. The molecule has 0 saturated heterocycles. The molecular formula is C27H29N9O3S. The Morgan fingerprint density at radius 2 is 1.90 bits per heavy atom. The first-order chi connectivity index (χ1) is 19.3. The van der Waals surface area contributed by atoms with Gasteiger partial charge in [0.1, 0.15) is 11.6 Å². The molecule has 13 heteroatoms. The number of anilines is 3. The molecule has 0 unspecified atom stereocenters. The summed E-state index contributed by atoms with van der Waals surface area (Å²) in [6, 6.07) is 3.69. The largest absolute Gasteiger partial charge is 0.393 e. The molecule has 0 spiro atoms. The zero-order chi connectivity index (χ0) is 27.7. The van der Waals surface area contributed by atoms with Gasteiger partial charge in [-0.2, -0.15) is 14.3 Å². The maximum Gasteiger partial charge on any atom is 0.256 e. The monoisotopic (exact) mass is 559 g/mol. The number of aryl methyl sites for hydroxylation is 1. The fraction of sp³-hybridized carbons (Fsp3) is 0.370. The van der Waals surface area contributed by atoms with E-state index in [2.05, 4.69) is 47.6 Å². The van der Waals surface area contributed by atoms with Crippen LogP contribution in [-0.4, -0.2) is 64.8 Å². The molecule has 40 heavy (non-hydrogen) atoms. The highest BCUT2D eigenvalue weighted by atomic mass is 32.2. The molecule has 4 heterocycles. The van der Waals surface area contributed by atoms with Crippen molar-refractivity contribution in [2.24, 2.45) is 7.05 Å². The molecule has 0 aliphatic heterocycles. The minimum Gasteiger partial charge on any atom is -0.393 e. The predicted molar refractivity (Wildman–Crippen MR) is 149 cm³/mol. The SMILES string of the molecule is Cn1cc(C#Cc2cnc(Nc3ccnc(-c4cnn(S(=O)(=O)C5CC5)c4)n3)cc2N[C@@H]2CCC[C@@H](O)C2)cn1. The van der Waals surface area contributed by atoms with Crippen LogP contribution in [0.2, 0.25) is 0 Å². The third kappa shape index (κ3) is 5.83. The van der Waals surface area contributed by atoms with Crippen molar-refractivity contribution in [2.75, 3.05) is 10.6 Å². The van der Waals surface area contributed by atoms with Gasteiger partial charge in [-0.25, -0.2) is 23.4 Å². The highest BCUT2D eigenvalue weighted by molar-refractivity contribution is 7.90. The quantitative estimate of drug-likeness (QED) is 0.288. The van der Waals surface area contributed by atoms with Gasteiger partial charge in [0.2, 0.25) is 0 Å². The van der Waals surface area contributed by atoms with Crippen LogP contribution < -0.4 is 10.6 Å². The van der Waals surface area contributed by atoms with Crippen molar-refractivity contribution in [1.82, 2.24) is 33.9 Å². The van der Waals surface area contributed by atoms with E-state index in [1.165, 1.54) is 12.4 Å². The Bertz CT molecular complexity index is 1700. The summed E-state index contributed by atoms with van der Waals surface area (Å²) < 4.78 is 27.7. The maximum atomic E-state index is 12.5. The first-order valence-corrected chi connectivity index (χ1v) is 14.7. The summed E-state index contributed by atoms with van der Waals surface area (Å²) in [5.74, 6) is 7.70. The van der Waals surface area contributed by atoms with Gasteiger partial charge in [-0.3, -0.25) is 4.68 Å². The maximum absolute atomic E-state index is 12.5. The molecule has 2 aliphatic rings. The van der Waals surface area contributed by atoms with Gasteiger partial charge in [0.25, 0.3) is 10.0 Å². The van der Waals surface area contributed by atoms with Crippen molar-refractivity contribution >= 4 is 27.3 Å². The van der Waals surface area contributed by atoms with Crippen LogP contribution in [0.1, 0.15) is 49.7 Å². The summed E-state index contributed by atoms with van der Waals surface area (Å²) >= 11 is 0. The van der Waals surface area contributed by atoms with Gasteiger partial charge in [0.15, 0.2) is 5.82 Å². The highest BCUT2D eigenvalue weighted by Crippen LogP contribution is 2.30. The molecule has 2 fully saturated rings. The summed E-state index contributed by atoms with van der Waals surface area (Å²) in [6.07, 6.45) is 14.1. The molecule has 0 radical (unpaired) electrons. The number of rotatable bonds is 7. The van der Waals surface area contributed by atoms with E-state index in [1.807, 2.05) is 19.3 Å². The molecule has 12 nitrogen and oxygen atoms in total. The third-order valence-corrected chi connectivity index (χ3v) is 8.93. The first kappa shape index (κ1) is 26.0. The molecule has 2 atom stereocenters. The lowest BCUT2D eigenvalue weighted by atomic mass is 9.92. The molecule has 3 N–H and O–H groups in total. The van der Waals surface area contributed by atoms with E-state index in [4.69, 9.17) is 0 Å². The average molecular weight is 560 g/mol. The van der Waals surface area contributed by atoms with Crippen molar-refractivity contribution < 1.29 is 13.5 Å². The number of aliphatic hydroxyl groups excluding tert-OH is 1. The topological polar surface area (TPSA) is 153 Å². The van der Waals surface area contributed by atoms with Gasteiger partial charge in [-0.05, 0) is 44.6 Å². The number of nitrogens with zero attached hydrogens (tertiary/aromatic N) is 7. The van der Waals surface area contributed by atoms with Gasteiger partial charge >= 0.3 is 0 Å². The lowest BCUT2D eigenvalue weighted by Crippen LogP contribution is -2.30. The lowest BCUT2D eigenvalue weighted by molar-refractivity contribution is 0.124. The van der Waals surface area contributed by atoms with Gasteiger partial charge in [-0.15, -0.1) is 0 Å². The Morgan fingerprint density at radius 3 is 2.67 bits per heavy atom. The molecule has 4 aromatic heterocycles. The normalized spacial score (nSPS) is 19.1. The van der Waals surface area contributed by atoms with Crippen LogP contribution in [0.5, 0.6) is 0 Å². The zero-order valence-electron chi connectivity index (χ0n) is 21.9. The van der Waals surface area contributed by atoms with Crippen LogP contribution in [0.25, 0.3) is 11.4 Å². The molecule has 6 rings (SSSR count). The second-order valence-electron chi connectivity index (χ2n) is 10.2. The zero-order valence-corrected chi connectivity index (χ0v) is 22.7. The number of nitrogens with one attached hydrogen (secondary N) is 2. The number of aromatic nitrogens is 7. The molecule has 0 bridgehead atoms. The molecule has 0 aromatic carbocycles. The highest BCUT2D eigenvalue weighted by Gasteiger charge is 2.37. The van der Waals surface area contributed by atoms with E-state index in [0.29, 0.717) is 42.3 Å². The average Bonchev–Trinajstić information content (AvgIpc) is 3.53. The van der Waals surface area contributed by atoms with Crippen molar-refractivity contribution in [3.63, 3.8) is 0 Å². The Balaban J connectivity index is 1.25. The Hall–Kier alpha value is -4.28. The Labute approximate surface area is 231 Å². The van der Waals surface area contributed by atoms with E-state index in [0.717, 1.165) is 40.2 Å². The second kappa shape index (κ2) is 10.7. The van der Waals surface area contributed by atoms with E-state index < -0.39 is 10.0 Å². The van der Waals surface area contributed by atoms with E-state index >= 15 is 0 Å². The van der Waals surface area contributed by atoms with Crippen LogP contribution in [0.4, 0.5) is 17.3 Å². The lowest BCUT2D eigenvalue weighted by Gasteiger charge is -2.28. The van der Waals surface area contributed by atoms with E-state index in [1.54, 1.807) is 29.3 Å². The van der Waals surface area contributed by atoms with E-state index in [-0.39, 0.29) is 17.4 Å². The van der Waals surface area contributed by atoms with Crippen LogP contribution in [0.15, 0.2) is 49.3 Å². The molecule has 206 valence electrons. The standard InChI is InChI=1S/C27H29N9O3S/c1-35-16-18(13-30-35)5-6-19-14-29-26(12-24(19)32-21-3-2-4-22(37)11-21)33-25-9-10-28-27(34-25)20-15-31-36(17-20)40(38,39)23-7-8-23/h9-10,12-17,21-23,37H,2-4,7-8,11H2,1H3,(H2,28,29,32,33,34)/t21-,22-/m1/s1. The minimum atomic E-state index is -3.47. The second-order valence-corrected chi connectivity index (χ2v) is 12.2. The van der Waals surface area contributed by atoms with Gasteiger partial charge in [0.05, 0.1) is 52.3 Å². The molecule has 0 amide bonds. The fourth-order valence-corrected chi connectivity index (χ4v) is 6.14. The van der Waals surface area contributed by atoms with Crippen molar-refractivity contribution in [3.8, 4) is 23.2 Å². The van der Waals surface area contributed by atoms with Gasteiger partial charge < -0.3 is 15.7 Å². The van der Waals surface area contributed by atoms with Gasteiger partial charge in [0, 0.05) is 37.7 Å². The number of pyridine rings is 1. The summed E-state index contributed by atoms with van der Waals surface area (Å²) in [6.45, 7) is 0. The summed E-state index contributed by atoms with van der Waals surface area (Å²) in [4.78, 5) is 13.4. The third-order valence-electron chi connectivity index (χ3n) is 6.89. The predicted octanol–water partition coefficient (Wildman–Crippen LogP) is 2.67. The smallest absolute Gasteiger partial charge is 0.256 e. The Kier molecular flexibility index (Phi) is 6.95. The first-order valence-electron chi connectivity index (χ1n) is 13.2. The number of hydrogen-bond donors (Lipinski definition) is 3. The number of hydrogen-bond acceptors (Lipinski definition) is 10.